The second-order valence-corrected chi connectivity index (χ2v) is 21.5. The van der Waals surface area contributed by atoms with Gasteiger partial charge < -0.3 is 19.4 Å². The van der Waals surface area contributed by atoms with Crippen LogP contribution in [0.3, 0.4) is 0 Å². The molecule has 0 bridgehead atoms. The van der Waals surface area contributed by atoms with Crippen molar-refractivity contribution >= 4 is 19.7 Å². The summed E-state index contributed by atoms with van der Waals surface area (Å²) in [4.78, 5) is 37.5. The molecule has 0 aliphatic heterocycles. The first-order chi connectivity index (χ1) is 33.9. The van der Waals surface area contributed by atoms with Crippen molar-refractivity contribution in [3.8, 4) is 0 Å². The molecule has 0 aromatic heterocycles. The highest BCUT2D eigenvalue weighted by Crippen LogP contribution is 2.43. The molecule has 3 unspecified atom stereocenters. The van der Waals surface area contributed by atoms with Crippen LogP contribution in [-0.4, -0.2) is 74.3 Å². The molecule has 0 heterocycles. The van der Waals surface area contributed by atoms with Gasteiger partial charge >= 0.3 is 13.8 Å². The third-order valence-corrected chi connectivity index (χ3v) is 13.1. The Labute approximate surface area is 431 Å². The zero-order valence-corrected chi connectivity index (χ0v) is 46.9. The summed E-state index contributed by atoms with van der Waals surface area (Å²) in [6.45, 7) is 6.83. The highest BCUT2D eigenvalue weighted by atomic mass is 31.2. The summed E-state index contributed by atoms with van der Waals surface area (Å²) in [6, 6.07) is -0.879. The smallest absolute Gasteiger partial charge is 0.456 e. The number of hydrogen-bond donors (Lipinski definition) is 2. The molecule has 0 fully saturated rings. The summed E-state index contributed by atoms with van der Waals surface area (Å²) in [6.07, 6.45) is 64.5. The molecule has 1 amide bonds. The van der Waals surface area contributed by atoms with E-state index in [2.05, 4.69) is 92.9 Å². The maximum Gasteiger partial charge on any atom is 0.472 e. The van der Waals surface area contributed by atoms with E-state index in [4.69, 9.17) is 13.8 Å². The number of phosphoric acid groups is 1. The highest BCUT2D eigenvalue weighted by Gasteiger charge is 2.30. The molecule has 0 saturated carbocycles. The number of esters is 1. The summed E-state index contributed by atoms with van der Waals surface area (Å²) in [5, 5.41) is 3.02. The average molecular weight is 1000 g/mol. The largest absolute Gasteiger partial charge is 0.472 e. The summed E-state index contributed by atoms with van der Waals surface area (Å²) in [5.74, 6) is -0.604. The van der Waals surface area contributed by atoms with Crippen LogP contribution in [0.2, 0.25) is 0 Å². The van der Waals surface area contributed by atoms with Crippen molar-refractivity contribution in [3.05, 3.63) is 85.1 Å². The maximum atomic E-state index is 13.5. The molecule has 0 aliphatic rings. The number of ether oxygens (including phenoxy) is 1. The van der Waals surface area contributed by atoms with Gasteiger partial charge in [0.1, 0.15) is 19.3 Å². The Kier molecular flexibility index (Phi) is 47.8. The van der Waals surface area contributed by atoms with Gasteiger partial charge in [0.2, 0.25) is 5.91 Å². The number of nitrogens with one attached hydrogen (secondary N) is 1. The first kappa shape index (κ1) is 67.2. The van der Waals surface area contributed by atoms with Gasteiger partial charge in [-0.2, -0.15) is 0 Å². The lowest BCUT2D eigenvalue weighted by Crippen LogP contribution is -2.47. The summed E-state index contributed by atoms with van der Waals surface area (Å²) in [5.41, 5.74) is 0. The van der Waals surface area contributed by atoms with Crippen molar-refractivity contribution in [2.45, 2.75) is 245 Å². The number of carbonyl (C=O) groups excluding carboxylic acids is 2. The Hall–Kier alpha value is -2.81. The van der Waals surface area contributed by atoms with Gasteiger partial charge in [0.25, 0.3) is 0 Å². The third kappa shape index (κ3) is 50.1. The minimum absolute atomic E-state index is 0.0269. The predicted molar refractivity (Wildman–Crippen MR) is 300 cm³/mol. The number of phosphoric ester groups is 1. The van der Waals surface area contributed by atoms with Crippen molar-refractivity contribution in [1.29, 1.82) is 0 Å². The van der Waals surface area contributed by atoms with Crippen LogP contribution >= 0.6 is 7.82 Å². The van der Waals surface area contributed by atoms with E-state index < -0.39 is 25.9 Å². The number of rotatable bonds is 50. The second kappa shape index (κ2) is 49.8. The lowest BCUT2D eigenvalue weighted by atomic mass is 10.0. The number of hydrogen-bond acceptors (Lipinski definition) is 6. The van der Waals surface area contributed by atoms with Gasteiger partial charge in [-0.15, -0.1) is 0 Å². The zero-order chi connectivity index (χ0) is 51.5. The van der Waals surface area contributed by atoms with Crippen LogP contribution in [0.4, 0.5) is 0 Å². The normalized spacial score (nSPS) is 14.4. The second-order valence-electron chi connectivity index (χ2n) is 20.1. The van der Waals surface area contributed by atoms with Gasteiger partial charge in [0, 0.05) is 12.8 Å². The van der Waals surface area contributed by atoms with E-state index in [9.17, 15) is 19.0 Å². The minimum Gasteiger partial charge on any atom is -0.456 e. The van der Waals surface area contributed by atoms with Crippen LogP contribution in [0.5, 0.6) is 0 Å². The monoisotopic (exact) mass is 1000 g/mol. The molecular weight excluding hydrogens is 892 g/mol. The van der Waals surface area contributed by atoms with Gasteiger partial charge in [-0.3, -0.25) is 18.6 Å². The number of unbranched alkanes of at least 4 members (excludes halogenated alkanes) is 22. The number of quaternary nitrogens is 1. The zero-order valence-electron chi connectivity index (χ0n) is 46.0. The molecule has 0 aromatic carbocycles. The van der Waals surface area contributed by atoms with E-state index in [1.165, 1.54) is 116 Å². The predicted octanol–water partition coefficient (Wildman–Crippen LogP) is 17.0. The van der Waals surface area contributed by atoms with Crippen molar-refractivity contribution in [3.63, 3.8) is 0 Å². The topological polar surface area (TPSA) is 111 Å². The lowest BCUT2D eigenvalue weighted by molar-refractivity contribution is -0.870. The van der Waals surface area contributed by atoms with E-state index in [0.29, 0.717) is 23.9 Å². The van der Waals surface area contributed by atoms with Crippen LogP contribution in [0.15, 0.2) is 85.1 Å². The summed E-state index contributed by atoms with van der Waals surface area (Å²) in [7, 11) is 1.45. The van der Waals surface area contributed by atoms with E-state index in [1.807, 2.05) is 39.4 Å². The quantitative estimate of drug-likeness (QED) is 0.0205. The van der Waals surface area contributed by atoms with Crippen LogP contribution in [0.1, 0.15) is 233 Å². The van der Waals surface area contributed by atoms with Crippen molar-refractivity contribution < 1.29 is 37.3 Å². The van der Waals surface area contributed by atoms with Crippen molar-refractivity contribution in [2.24, 2.45) is 0 Å². The third-order valence-electron chi connectivity index (χ3n) is 12.1. The molecule has 70 heavy (non-hydrogen) atoms. The minimum atomic E-state index is -4.46. The Morgan fingerprint density at radius 1 is 0.514 bits per heavy atom. The van der Waals surface area contributed by atoms with Crippen molar-refractivity contribution in [1.82, 2.24) is 5.32 Å². The number of carbonyl (C=O) groups is 2. The summed E-state index contributed by atoms with van der Waals surface area (Å²) < 4.78 is 30.5. The van der Waals surface area contributed by atoms with Crippen LogP contribution in [0, 0.1) is 0 Å². The number of nitrogens with zero attached hydrogens (tertiary/aromatic N) is 1. The van der Waals surface area contributed by atoms with E-state index in [-0.39, 0.29) is 25.5 Å². The molecule has 3 atom stereocenters. The molecular formula is C60H108N2O7P+. The first-order valence-corrected chi connectivity index (χ1v) is 29.9. The Morgan fingerprint density at radius 3 is 1.37 bits per heavy atom. The maximum absolute atomic E-state index is 13.5. The van der Waals surface area contributed by atoms with Crippen LogP contribution in [-0.2, 0) is 27.9 Å². The van der Waals surface area contributed by atoms with Crippen LogP contribution < -0.4 is 5.32 Å². The average Bonchev–Trinajstić information content (AvgIpc) is 3.32. The molecule has 0 radical (unpaired) electrons. The molecule has 0 saturated heterocycles. The van der Waals surface area contributed by atoms with Gasteiger partial charge in [0.15, 0.2) is 0 Å². The van der Waals surface area contributed by atoms with E-state index in [0.717, 1.165) is 77.0 Å². The molecule has 2 N–H and O–H groups in total. The Balaban J connectivity index is 5.44. The fourth-order valence-electron chi connectivity index (χ4n) is 7.73. The molecule has 9 nitrogen and oxygen atoms in total. The molecule has 0 aromatic rings. The fraction of sp³-hybridized carbons (Fsp3) is 0.733. The molecule has 10 heteroatoms. The molecule has 0 aliphatic carbocycles. The van der Waals surface area contributed by atoms with E-state index >= 15 is 0 Å². The summed E-state index contributed by atoms with van der Waals surface area (Å²) >= 11 is 0. The fourth-order valence-corrected chi connectivity index (χ4v) is 8.47. The standard InChI is InChI=1S/C60H107N2O7P/c1-7-10-13-16-19-22-25-27-29-30-31-32-33-35-38-41-44-47-50-53-60(64)69-58(51-48-45-42-39-36-24-21-18-15-12-9-3)57(56-68-70(65,66)67-55-54-62(4,5)6)61-59(63)52-49-46-43-40-37-34-28-26-23-20-17-14-11-8-2/h10,13,19,22,27,29,31-32,35,38,44,47-48,51,57-58H,7-9,11-12,14-18,20-21,23-26,28,30,33-34,36-37,39-43,45-46,49-50,52-56H2,1-6H3,(H-,61,63,65,66)/p+1/b13-10-,22-19-,29-27-,32-31-,38-35-,47-44-,51-48+. The van der Waals surface area contributed by atoms with Crippen LogP contribution in [0.25, 0.3) is 0 Å². The Morgan fingerprint density at radius 2 is 0.929 bits per heavy atom. The number of likely N-dealkylation sites (N-methyl/N-ethyl adjacent to an activating group) is 1. The highest BCUT2D eigenvalue weighted by molar-refractivity contribution is 7.47. The number of allylic oxidation sites excluding steroid dienone is 13. The van der Waals surface area contributed by atoms with Gasteiger partial charge in [-0.1, -0.05) is 235 Å². The van der Waals surface area contributed by atoms with E-state index in [1.54, 1.807) is 0 Å². The Bertz CT molecular complexity index is 1480. The number of amides is 1. The van der Waals surface area contributed by atoms with Crippen molar-refractivity contribution in [2.75, 3.05) is 40.9 Å². The molecule has 0 spiro atoms. The van der Waals surface area contributed by atoms with Gasteiger partial charge in [0.05, 0.1) is 33.8 Å². The molecule has 0 rings (SSSR count). The first-order valence-electron chi connectivity index (χ1n) is 28.4. The van der Waals surface area contributed by atoms with Gasteiger partial charge in [-0.05, 0) is 70.3 Å². The SMILES string of the molecule is CC/C=C\C/C=C\C/C=C\C/C=C\C/C=C\C/C=C\CCC(=O)OC(/C=C/CCCCCCCCCCC)C(COP(=O)(O)OCC[N+](C)(C)C)NC(=O)CCCCCCCCCCCCCCCC. The lowest BCUT2D eigenvalue weighted by Gasteiger charge is -2.27. The van der Waals surface area contributed by atoms with Gasteiger partial charge in [-0.25, -0.2) is 4.57 Å². The molecule has 404 valence electrons.